The number of aliphatic carboxylic acids is 1. The highest BCUT2D eigenvalue weighted by Crippen LogP contribution is 2.11. The number of ether oxygens (including phenoxy) is 3. The second-order valence-electron chi connectivity index (χ2n) is 13.5. The molecule has 0 aliphatic carbocycles. The number of hydrogen-bond donors (Lipinski definition) is 1. The van der Waals surface area contributed by atoms with Crippen molar-refractivity contribution < 1.29 is 38.2 Å². The third kappa shape index (κ3) is 29.4. The highest BCUT2D eigenvalue weighted by Gasteiger charge is 2.31. The first-order chi connectivity index (χ1) is 23.1. The molecule has 0 heterocycles. The SMILES string of the molecule is CCCC/C=C/C=C/CCCCCC(=O)OCC(COCCC(C(=O)O)[N+](C)(C)C)OC(=O)CC/C=C/C/C=C/CCCCCCCC. The molecule has 0 radical (unpaired) electrons. The van der Waals surface area contributed by atoms with Gasteiger partial charge >= 0.3 is 17.9 Å². The first-order valence-corrected chi connectivity index (χ1v) is 18.7. The standard InChI is InChI=1S/C40H69NO7/c1-6-8-10-12-14-16-18-19-21-23-25-27-29-31-39(43)48-36(34-46-33-32-37(40(44)45)41(3,4)5)35-47-38(42)30-28-26-24-22-20-17-15-13-11-9-7-2/h13,15,17,19-21,25,27,36-37H,6-12,14,16,18,22-24,26,28-35H2,1-5H3/p+1/b15-13+,20-17+,21-19+,27-25+. The van der Waals surface area contributed by atoms with Crippen LogP contribution in [0.5, 0.6) is 0 Å². The van der Waals surface area contributed by atoms with Gasteiger partial charge in [-0.2, -0.15) is 0 Å². The molecule has 0 aliphatic heterocycles. The van der Waals surface area contributed by atoms with Crippen molar-refractivity contribution in [1.29, 1.82) is 0 Å². The molecule has 0 aromatic carbocycles. The van der Waals surface area contributed by atoms with Crippen molar-refractivity contribution in [1.82, 2.24) is 0 Å². The summed E-state index contributed by atoms with van der Waals surface area (Å²) in [5.74, 6) is -1.60. The number of likely N-dealkylation sites (N-methyl/N-ethyl adjacent to an activating group) is 1. The highest BCUT2D eigenvalue weighted by atomic mass is 16.6. The molecule has 0 rings (SSSR count). The van der Waals surface area contributed by atoms with Gasteiger partial charge in [-0.1, -0.05) is 114 Å². The Hall–Kier alpha value is -2.71. The van der Waals surface area contributed by atoms with Crippen LogP contribution < -0.4 is 0 Å². The number of quaternary nitrogens is 1. The maximum Gasteiger partial charge on any atom is 0.362 e. The fourth-order valence-corrected chi connectivity index (χ4v) is 5.00. The Kier molecular flexibility index (Phi) is 29.8. The average molecular weight is 677 g/mol. The fourth-order valence-electron chi connectivity index (χ4n) is 5.00. The molecule has 0 aromatic rings. The maximum atomic E-state index is 12.6. The zero-order valence-electron chi connectivity index (χ0n) is 31.2. The molecule has 0 aliphatic rings. The van der Waals surface area contributed by atoms with Gasteiger partial charge in [0.05, 0.1) is 34.4 Å². The Bertz CT molecular complexity index is 932. The summed E-state index contributed by atoms with van der Waals surface area (Å²) in [5.41, 5.74) is 0. The van der Waals surface area contributed by atoms with Crippen molar-refractivity contribution in [2.75, 3.05) is 41.0 Å². The number of nitrogens with zero attached hydrogens (tertiary/aromatic N) is 1. The van der Waals surface area contributed by atoms with Gasteiger partial charge in [0.25, 0.3) is 0 Å². The van der Waals surface area contributed by atoms with E-state index in [0.29, 0.717) is 19.3 Å². The molecule has 2 atom stereocenters. The van der Waals surface area contributed by atoms with Crippen LogP contribution in [-0.2, 0) is 28.6 Å². The number of allylic oxidation sites excluding steroid dienone is 8. The lowest BCUT2D eigenvalue weighted by Gasteiger charge is -2.31. The van der Waals surface area contributed by atoms with Crippen molar-refractivity contribution in [3.8, 4) is 0 Å². The lowest BCUT2D eigenvalue weighted by Crippen LogP contribution is -2.50. The number of carbonyl (C=O) groups is 3. The van der Waals surface area contributed by atoms with Crippen LogP contribution >= 0.6 is 0 Å². The number of hydrogen-bond acceptors (Lipinski definition) is 6. The molecule has 0 saturated heterocycles. The summed E-state index contributed by atoms with van der Waals surface area (Å²) >= 11 is 0. The van der Waals surface area contributed by atoms with Crippen LogP contribution in [0.4, 0.5) is 0 Å². The van der Waals surface area contributed by atoms with Crippen LogP contribution in [-0.4, -0.2) is 80.6 Å². The zero-order chi connectivity index (χ0) is 35.7. The summed E-state index contributed by atoms with van der Waals surface area (Å²) in [6.45, 7) is 4.55. The molecule has 2 unspecified atom stereocenters. The van der Waals surface area contributed by atoms with Crippen molar-refractivity contribution in [3.63, 3.8) is 0 Å². The third-order valence-electron chi connectivity index (χ3n) is 7.99. The van der Waals surface area contributed by atoms with Crippen LogP contribution in [0.1, 0.15) is 136 Å². The van der Waals surface area contributed by atoms with E-state index in [1.165, 1.54) is 51.4 Å². The Morgan fingerprint density at radius 2 is 1.23 bits per heavy atom. The van der Waals surface area contributed by atoms with E-state index in [2.05, 4.69) is 56.4 Å². The van der Waals surface area contributed by atoms with E-state index in [4.69, 9.17) is 14.2 Å². The molecular weight excluding hydrogens is 606 g/mol. The summed E-state index contributed by atoms with van der Waals surface area (Å²) in [6, 6.07) is -0.626. The van der Waals surface area contributed by atoms with Gasteiger partial charge in [-0.3, -0.25) is 9.59 Å². The lowest BCUT2D eigenvalue weighted by atomic mass is 10.1. The molecule has 0 amide bonds. The van der Waals surface area contributed by atoms with Crippen LogP contribution in [0.15, 0.2) is 48.6 Å². The van der Waals surface area contributed by atoms with Gasteiger partial charge in [-0.25, -0.2) is 4.79 Å². The third-order valence-corrected chi connectivity index (χ3v) is 7.99. The summed E-state index contributed by atoms with van der Waals surface area (Å²) in [7, 11) is 5.48. The second kappa shape index (κ2) is 31.6. The van der Waals surface area contributed by atoms with Gasteiger partial charge in [0.2, 0.25) is 0 Å². The Balaban J connectivity index is 4.58. The van der Waals surface area contributed by atoms with E-state index in [1.807, 2.05) is 27.2 Å². The number of carbonyl (C=O) groups excluding carboxylic acids is 2. The Morgan fingerprint density at radius 3 is 1.88 bits per heavy atom. The number of unbranched alkanes of at least 4 members (excludes halogenated alkanes) is 11. The van der Waals surface area contributed by atoms with E-state index in [1.54, 1.807) is 0 Å². The molecule has 48 heavy (non-hydrogen) atoms. The molecule has 0 spiro atoms. The van der Waals surface area contributed by atoms with E-state index >= 15 is 0 Å². The van der Waals surface area contributed by atoms with Gasteiger partial charge in [-0.05, 0) is 51.4 Å². The summed E-state index contributed by atoms with van der Waals surface area (Å²) in [5, 5.41) is 9.57. The second-order valence-corrected chi connectivity index (χ2v) is 13.5. The van der Waals surface area contributed by atoms with Gasteiger partial charge in [0, 0.05) is 19.3 Å². The summed E-state index contributed by atoms with van der Waals surface area (Å²) in [6.07, 6.45) is 34.6. The van der Waals surface area contributed by atoms with Crippen molar-refractivity contribution in [2.45, 2.75) is 148 Å². The predicted octanol–water partition coefficient (Wildman–Crippen LogP) is 9.29. The first kappa shape index (κ1) is 45.3. The molecule has 0 saturated carbocycles. The molecule has 1 N–H and O–H groups in total. The van der Waals surface area contributed by atoms with Crippen molar-refractivity contribution in [3.05, 3.63) is 48.6 Å². The van der Waals surface area contributed by atoms with E-state index in [-0.39, 0.29) is 42.7 Å². The van der Waals surface area contributed by atoms with Crippen LogP contribution in [0.25, 0.3) is 0 Å². The molecule has 0 aromatic heterocycles. The average Bonchev–Trinajstić information content (AvgIpc) is 3.03. The molecular formula is C40H70NO7+. The van der Waals surface area contributed by atoms with Crippen molar-refractivity contribution in [2.24, 2.45) is 0 Å². The van der Waals surface area contributed by atoms with E-state index < -0.39 is 18.1 Å². The predicted molar refractivity (Wildman–Crippen MR) is 197 cm³/mol. The zero-order valence-corrected chi connectivity index (χ0v) is 31.2. The number of esters is 2. The largest absolute Gasteiger partial charge is 0.477 e. The lowest BCUT2D eigenvalue weighted by molar-refractivity contribution is -0.887. The minimum Gasteiger partial charge on any atom is -0.477 e. The number of rotatable bonds is 32. The van der Waals surface area contributed by atoms with E-state index in [0.717, 1.165) is 44.9 Å². The number of carboxylic acids is 1. The quantitative estimate of drug-likeness (QED) is 0.0249. The van der Waals surface area contributed by atoms with Crippen LogP contribution in [0, 0.1) is 0 Å². The highest BCUT2D eigenvalue weighted by molar-refractivity contribution is 5.72. The molecule has 8 nitrogen and oxygen atoms in total. The van der Waals surface area contributed by atoms with Gasteiger partial charge in [0.1, 0.15) is 6.61 Å². The smallest absolute Gasteiger partial charge is 0.362 e. The minimum atomic E-state index is -0.889. The normalized spacial score (nSPS) is 13.6. The van der Waals surface area contributed by atoms with Gasteiger partial charge in [-0.15, -0.1) is 0 Å². The Morgan fingerprint density at radius 1 is 0.646 bits per heavy atom. The van der Waals surface area contributed by atoms with Crippen LogP contribution in [0.3, 0.4) is 0 Å². The summed E-state index contributed by atoms with van der Waals surface area (Å²) < 4.78 is 17.1. The Labute approximate surface area is 293 Å². The monoisotopic (exact) mass is 677 g/mol. The molecule has 0 fully saturated rings. The maximum absolute atomic E-state index is 12.6. The molecule has 0 bridgehead atoms. The molecule has 276 valence electrons. The van der Waals surface area contributed by atoms with Gasteiger partial charge in [0.15, 0.2) is 12.1 Å². The van der Waals surface area contributed by atoms with Crippen molar-refractivity contribution >= 4 is 17.9 Å². The summed E-state index contributed by atoms with van der Waals surface area (Å²) in [4.78, 5) is 36.7. The first-order valence-electron chi connectivity index (χ1n) is 18.7. The van der Waals surface area contributed by atoms with Gasteiger partial charge < -0.3 is 23.8 Å². The minimum absolute atomic E-state index is 0.0287. The van der Waals surface area contributed by atoms with Crippen LogP contribution in [0.2, 0.25) is 0 Å². The molecule has 8 heteroatoms. The van der Waals surface area contributed by atoms with E-state index in [9.17, 15) is 19.5 Å². The fraction of sp³-hybridized carbons (Fsp3) is 0.725. The number of carboxylic acid groups (broad SMARTS) is 1. The topological polar surface area (TPSA) is 99.1 Å².